The topological polar surface area (TPSA) is 184 Å². The van der Waals surface area contributed by atoms with Crippen molar-refractivity contribution in [3.8, 4) is 5.75 Å². The Kier molecular flexibility index (Phi) is 8.28. The monoisotopic (exact) mass is 379 g/mol. The Labute approximate surface area is 157 Å². The molecule has 0 heterocycles. The summed E-state index contributed by atoms with van der Waals surface area (Å²) in [5.41, 5.74) is -3.26. The molecular formula is C6H4CsN3O8. The van der Waals surface area contributed by atoms with Crippen LogP contribution in [0.25, 0.3) is 0 Å². The number of rotatable bonds is 3. The maximum absolute atomic E-state index is 11.1. The van der Waals surface area contributed by atoms with Crippen LogP contribution < -0.4 is 74.0 Å². The van der Waals surface area contributed by atoms with Crippen LogP contribution in [0, 0.1) is 30.3 Å². The summed E-state index contributed by atoms with van der Waals surface area (Å²) in [6.45, 7) is 0. The smallest absolute Gasteiger partial charge is 0.863 e. The van der Waals surface area contributed by atoms with Crippen molar-refractivity contribution < 1.29 is 94.2 Å². The van der Waals surface area contributed by atoms with Crippen LogP contribution in [0.2, 0.25) is 0 Å². The van der Waals surface area contributed by atoms with Crippen molar-refractivity contribution in [1.29, 1.82) is 0 Å². The number of nitrogens with zero attached hydrogens (tertiary/aromatic N) is 3. The van der Waals surface area contributed by atoms with Crippen molar-refractivity contribution in [1.82, 2.24) is 0 Å². The summed E-state index contributed by atoms with van der Waals surface area (Å²) < 4.78 is 0. The second-order valence-electron chi connectivity index (χ2n) is 2.58. The molecular weight excluding hydrogens is 375 g/mol. The van der Waals surface area contributed by atoms with Crippen LogP contribution >= 0.6 is 0 Å². The molecule has 1 aromatic carbocycles. The molecule has 0 spiro atoms. The van der Waals surface area contributed by atoms with Gasteiger partial charge in [-0.15, -0.1) is 0 Å². The molecule has 0 unspecified atom stereocenters. The molecule has 0 atom stereocenters. The van der Waals surface area contributed by atoms with E-state index in [-0.39, 0.29) is 74.4 Å². The average molecular weight is 379 g/mol. The van der Waals surface area contributed by atoms with E-state index in [4.69, 9.17) is 0 Å². The third kappa shape index (κ3) is 4.16. The van der Waals surface area contributed by atoms with Crippen LogP contribution in [-0.4, -0.2) is 20.2 Å². The first-order valence-corrected chi connectivity index (χ1v) is 3.63. The Morgan fingerprint density at radius 3 is 1.39 bits per heavy atom. The van der Waals surface area contributed by atoms with Gasteiger partial charge in [0.15, 0.2) is 0 Å². The SMILES string of the molecule is O.O=[N+]([O-])c1cc([N+](=O)[O-])c([O-])c([N+](=O)[O-])c1.[Cs+]. The van der Waals surface area contributed by atoms with Gasteiger partial charge in [0.05, 0.1) is 32.7 Å². The van der Waals surface area contributed by atoms with Gasteiger partial charge in [-0.1, -0.05) is 0 Å². The number of benzene rings is 1. The quantitative estimate of drug-likeness (QED) is 0.388. The third-order valence-electron chi connectivity index (χ3n) is 1.64. The maximum Gasteiger partial charge on any atom is 1.00 e. The van der Waals surface area contributed by atoms with Crippen molar-refractivity contribution in [3.05, 3.63) is 42.5 Å². The van der Waals surface area contributed by atoms with Gasteiger partial charge < -0.3 is 10.6 Å². The zero-order chi connectivity index (χ0) is 12.5. The van der Waals surface area contributed by atoms with Crippen molar-refractivity contribution >= 4 is 17.1 Å². The summed E-state index contributed by atoms with van der Waals surface area (Å²) in [6.07, 6.45) is 0. The second-order valence-corrected chi connectivity index (χ2v) is 2.58. The maximum atomic E-state index is 11.1. The van der Waals surface area contributed by atoms with E-state index < -0.39 is 37.6 Å². The fourth-order valence-electron chi connectivity index (χ4n) is 0.961. The number of hydrogen-bond donors (Lipinski definition) is 0. The number of hydrogen-bond acceptors (Lipinski definition) is 7. The van der Waals surface area contributed by atoms with Crippen LogP contribution in [0.5, 0.6) is 5.75 Å². The van der Waals surface area contributed by atoms with Crippen molar-refractivity contribution in [2.45, 2.75) is 0 Å². The minimum absolute atomic E-state index is 0. The van der Waals surface area contributed by atoms with Gasteiger partial charge >= 0.3 is 68.9 Å². The molecule has 1 aromatic rings. The largest absolute Gasteiger partial charge is 1.00 e. The molecule has 1 rings (SSSR count). The summed E-state index contributed by atoms with van der Waals surface area (Å²) in [5, 5.41) is 42.1. The van der Waals surface area contributed by atoms with Gasteiger partial charge in [0, 0.05) is 0 Å². The number of non-ortho nitro benzene ring substituents is 1. The molecule has 0 fully saturated rings. The molecule has 11 nitrogen and oxygen atoms in total. The summed E-state index contributed by atoms with van der Waals surface area (Å²) in [6, 6.07) is 0.769. The van der Waals surface area contributed by atoms with Crippen LogP contribution in [0.1, 0.15) is 0 Å². The molecule has 0 bridgehead atoms. The molecule has 0 aliphatic rings. The minimum Gasteiger partial charge on any atom is -0.863 e. The Bertz CT molecular complexity index is 469. The van der Waals surface area contributed by atoms with E-state index in [1.54, 1.807) is 0 Å². The Morgan fingerprint density at radius 1 is 0.833 bits per heavy atom. The first-order valence-electron chi connectivity index (χ1n) is 3.63. The van der Waals surface area contributed by atoms with Crippen molar-refractivity contribution in [2.24, 2.45) is 0 Å². The molecule has 0 aromatic heterocycles. The standard InChI is InChI=1S/C6H3N3O7.Cs.H2O/c10-6-4(8(13)14)1-3(7(11)12)2-5(6)9(15)16;;/h1-2,10H;;1H2/q;+1;/p-1. The molecule has 12 heteroatoms. The van der Waals surface area contributed by atoms with E-state index in [0.29, 0.717) is 12.1 Å². The molecule has 2 N–H and O–H groups in total. The van der Waals surface area contributed by atoms with Crippen LogP contribution in [-0.2, 0) is 0 Å². The van der Waals surface area contributed by atoms with E-state index in [9.17, 15) is 35.4 Å². The Morgan fingerprint density at radius 2 is 1.17 bits per heavy atom. The molecule has 18 heavy (non-hydrogen) atoms. The van der Waals surface area contributed by atoms with E-state index in [2.05, 4.69) is 0 Å². The Balaban J connectivity index is 0. The summed E-state index contributed by atoms with van der Waals surface area (Å²) in [5.74, 6) is -1.46. The van der Waals surface area contributed by atoms with E-state index in [1.807, 2.05) is 0 Å². The molecule has 0 aliphatic carbocycles. The van der Waals surface area contributed by atoms with Gasteiger partial charge in [-0.25, -0.2) is 0 Å². The second kappa shape index (κ2) is 7.62. The fourth-order valence-corrected chi connectivity index (χ4v) is 0.961. The van der Waals surface area contributed by atoms with Crippen molar-refractivity contribution in [2.75, 3.05) is 0 Å². The molecule has 92 valence electrons. The molecule has 0 saturated carbocycles. The summed E-state index contributed by atoms with van der Waals surface area (Å²) in [7, 11) is 0. The predicted octanol–water partition coefficient (Wildman–Crippen LogP) is -3.34. The molecule has 0 amide bonds. The average Bonchev–Trinajstić information content (AvgIpc) is 2.16. The zero-order valence-electron chi connectivity index (χ0n) is 8.85. The zero-order valence-corrected chi connectivity index (χ0v) is 15.1. The summed E-state index contributed by atoms with van der Waals surface area (Å²) in [4.78, 5) is 27.5. The summed E-state index contributed by atoms with van der Waals surface area (Å²) >= 11 is 0. The number of nitro groups is 3. The van der Waals surface area contributed by atoms with Gasteiger partial charge in [-0.2, -0.15) is 0 Å². The molecule has 0 aliphatic heterocycles. The van der Waals surface area contributed by atoms with E-state index in [1.165, 1.54) is 0 Å². The minimum atomic E-state index is -1.46. The molecule has 0 saturated heterocycles. The fraction of sp³-hybridized carbons (Fsp3) is 0. The molecule has 0 radical (unpaired) electrons. The first-order chi connectivity index (χ1) is 7.34. The third-order valence-corrected chi connectivity index (χ3v) is 1.64. The predicted molar refractivity (Wildman–Crippen MR) is 49.5 cm³/mol. The Hall–Kier alpha value is -0.768. The van der Waals surface area contributed by atoms with Crippen LogP contribution in [0.3, 0.4) is 0 Å². The normalized spacial score (nSPS) is 8.67. The van der Waals surface area contributed by atoms with E-state index in [0.717, 1.165) is 0 Å². The number of nitro benzene ring substituents is 3. The van der Waals surface area contributed by atoms with E-state index >= 15 is 0 Å². The van der Waals surface area contributed by atoms with Gasteiger partial charge in [-0.05, 0) is 0 Å². The van der Waals surface area contributed by atoms with Crippen molar-refractivity contribution in [3.63, 3.8) is 0 Å². The van der Waals surface area contributed by atoms with Gasteiger partial charge in [0.1, 0.15) is 0 Å². The van der Waals surface area contributed by atoms with Crippen LogP contribution in [0.15, 0.2) is 12.1 Å². The first kappa shape index (κ1) is 19.6. The van der Waals surface area contributed by atoms with Gasteiger partial charge in [-0.3, -0.25) is 30.3 Å². The van der Waals surface area contributed by atoms with Gasteiger partial charge in [0.25, 0.3) is 17.1 Å². The van der Waals surface area contributed by atoms with Gasteiger partial charge in [0.2, 0.25) is 0 Å². The van der Waals surface area contributed by atoms with Crippen LogP contribution in [0.4, 0.5) is 17.1 Å².